The van der Waals surface area contributed by atoms with Crippen molar-refractivity contribution < 1.29 is 14.7 Å². The Morgan fingerprint density at radius 3 is 2.68 bits per heavy atom. The Morgan fingerprint density at radius 2 is 2.11 bits per heavy atom. The van der Waals surface area contributed by atoms with Crippen LogP contribution in [0.5, 0.6) is 0 Å². The van der Waals surface area contributed by atoms with Gasteiger partial charge in [0.2, 0.25) is 0 Å². The van der Waals surface area contributed by atoms with Crippen LogP contribution < -0.4 is 5.32 Å². The number of carboxylic acids is 1. The number of carbonyl (C=O) groups is 2. The molecule has 2 amide bonds. The van der Waals surface area contributed by atoms with Crippen molar-refractivity contribution in [3.05, 3.63) is 18.7 Å². The van der Waals surface area contributed by atoms with E-state index in [1.807, 2.05) is 10.8 Å². The Kier molecular flexibility index (Phi) is 4.38. The van der Waals surface area contributed by atoms with Crippen molar-refractivity contribution in [2.45, 2.75) is 19.4 Å². The molecule has 0 bridgehead atoms. The van der Waals surface area contributed by atoms with Gasteiger partial charge in [-0.1, -0.05) is 0 Å². The second-order valence-electron chi connectivity index (χ2n) is 4.63. The number of piperidine rings is 1. The molecule has 0 aromatic carbocycles. The van der Waals surface area contributed by atoms with Crippen LogP contribution in [0.4, 0.5) is 4.79 Å². The molecule has 1 aromatic heterocycles. The SMILES string of the molecule is O=C(O)C1CCN(C(=O)NCCn2ccnc2)CC1. The van der Waals surface area contributed by atoms with Crippen LogP contribution >= 0.6 is 0 Å². The maximum atomic E-state index is 11.8. The van der Waals surface area contributed by atoms with Gasteiger partial charge in [0, 0.05) is 38.6 Å². The lowest BCUT2D eigenvalue weighted by atomic mass is 9.97. The van der Waals surface area contributed by atoms with Gasteiger partial charge in [-0.25, -0.2) is 9.78 Å². The maximum Gasteiger partial charge on any atom is 0.317 e. The number of amides is 2. The molecular formula is C12H18N4O3. The lowest BCUT2D eigenvalue weighted by molar-refractivity contribution is -0.143. The van der Waals surface area contributed by atoms with Gasteiger partial charge in [-0.15, -0.1) is 0 Å². The van der Waals surface area contributed by atoms with E-state index in [2.05, 4.69) is 10.3 Å². The van der Waals surface area contributed by atoms with Crippen LogP contribution in [-0.2, 0) is 11.3 Å². The van der Waals surface area contributed by atoms with Gasteiger partial charge in [0.25, 0.3) is 0 Å². The fourth-order valence-electron chi connectivity index (χ4n) is 2.15. The molecule has 1 aromatic rings. The van der Waals surface area contributed by atoms with Gasteiger partial charge in [-0.3, -0.25) is 4.79 Å². The van der Waals surface area contributed by atoms with Gasteiger partial charge in [0.15, 0.2) is 0 Å². The Bertz CT molecular complexity index is 424. The van der Waals surface area contributed by atoms with Crippen molar-refractivity contribution in [3.63, 3.8) is 0 Å². The fraction of sp³-hybridized carbons (Fsp3) is 0.583. The molecule has 0 aliphatic carbocycles. The van der Waals surface area contributed by atoms with E-state index < -0.39 is 5.97 Å². The minimum Gasteiger partial charge on any atom is -0.481 e. The van der Waals surface area contributed by atoms with Gasteiger partial charge < -0.3 is 19.9 Å². The molecule has 0 radical (unpaired) electrons. The second kappa shape index (κ2) is 6.21. The van der Waals surface area contributed by atoms with E-state index in [1.165, 1.54) is 0 Å². The summed E-state index contributed by atoms with van der Waals surface area (Å²) in [5.41, 5.74) is 0. The number of aliphatic carboxylic acids is 1. The van der Waals surface area contributed by atoms with Crippen molar-refractivity contribution in [2.75, 3.05) is 19.6 Å². The molecule has 1 saturated heterocycles. The fourth-order valence-corrected chi connectivity index (χ4v) is 2.15. The summed E-state index contributed by atoms with van der Waals surface area (Å²) in [4.78, 5) is 28.2. The van der Waals surface area contributed by atoms with Gasteiger partial charge in [-0.2, -0.15) is 0 Å². The number of hydrogen-bond acceptors (Lipinski definition) is 3. The van der Waals surface area contributed by atoms with E-state index in [4.69, 9.17) is 5.11 Å². The van der Waals surface area contributed by atoms with E-state index >= 15 is 0 Å². The third-order valence-corrected chi connectivity index (χ3v) is 3.34. The number of carboxylic acid groups (broad SMARTS) is 1. The van der Waals surface area contributed by atoms with Crippen LogP contribution in [0.3, 0.4) is 0 Å². The van der Waals surface area contributed by atoms with E-state index in [0.717, 1.165) is 0 Å². The predicted molar refractivity (Wildman–Crippen MR) is 67.6 cm³/mol. The zero-order valence-corrected chi connectivity index (χ0v) is 10.7. The molecule has 0 spiro atoms. The van der Waals surface area contributed by atoms with E-state index in [-0.39, 0.29) is 11.9 Å². The van der Waals surface area contributed by atoms with Crippen LogP contribution in [0, 0.1) is 5.92 Å². The number of carbonyl (C=O) groups excluding carboxylic acids is 1. The number of hydrogen-bond donors (Lipinski definition) is 2. The Hall–Kier alpha value is -2.05. The number of aromatic nitrogens is 2. The Balaban J connectivity index is 1.68. The smallest absolute Gasteiger partial charge is 0.317 e. The highest BCUT2D eigenvalue weighted by atomic mass is 16.4. The highest BCUT2D eigenvalue weighted by Gasteiger charge is 2.26. The molecule has 1 aliphatic rings. The molecule has 0 saturated carbocycles. The first kappa shape index (κ1) is 13.4. The minimum absolute atomic E-state index is 0.121. The van der Waals surface area contributed by atoms with Gasteiger partial charge >= 0.3 is 12.0 Å². The van der Waals surface area contributed by atoms with E-state index in [0.29, 0.717) is 39.0 Å². The summed E-state index contributed by atoms with van der Waals surface area (Å²) in [6, 6.07) is -0.121. The molecule has 0 unspecified atom stereocenters. The first-order valence-corrected chi connectivity index (χ1v) is 6.38. The summed E-state index contributed by atoms with van der Waals surface area (Å²) < 4.78 is 1.89. The van der Waals surface area contributed by atoms with Crippen LogP contribution in [0.15, 0.2) is 18.7 Å². The average Bonchev–Trinajstić information content (AvgIpc) is 2.92. The second-order valence-corrected chi connectivity index (χ2v) is 4.63. The zero-order valence-electron chi connectivity index (χ0n) is 10.7. The number of rotatable bonds is 4. The van der Waals surface area contributed by atoms with Crippen LogP contribution in [-0.4, -0.2) is 51.2 Å². The van der Waals surface area contributed by atoms with Crippen molar-refractivity contribution >= 4 is 12.0 Å². The normalized spacial score (nSPS) is 16.3. The quantitative estimate of drug-likeness (QED) is 0.825. The first-order chi connectivity index (χ1) is 9.16. The maximum absolute atomic E-state index is 11.8. The minimum atomic E-state index is -0.764. The number of nitrogens with zero attached hydrogens (tertiary/aromatic N) is 3. The monoisotopic (exact) mass is 266 g/mol. The molecule has 19 heavy (non-hydrogen) atoms. The molecule has 7 nitrogen and oxygen atoms in total. The highest BCUT2D eigenvalue weighted by molar-refractivity contribution is 5.75. The number of imidazole rings is 1. The van der Waals surface area contributed by atoms with Crippen LogP contribution in [0.2, 0.25) is 0 Å². The molecule has 0 atom stereocenters. The predicted octanol–water partition coefficient (Wildman–Crippen LogP) is 0.389. The van der Waals surface area contributed by atoms with Crippen molar-refractivity contribution in [2.24, 2.45) is 5.92 Å². The van der Waals surface area contributed by atoms with Gasteiger partial charge in [0.1, 0.15) is 0 Å². The molecule has 7 heteroatoms. The van der Waals surface area contributed by atoms with Crippen LogP contribution in [0.25, 0.3) is 0 Å². The third-order valence-electron chi connectivity index (χ3n) is 3.34. The summed E-state index contributed by atoms with van der Waals surface area (Å²) in [7, 11) is 0. The average molecular weight is 266 g/mol. The Morgan fingerprint density at radius 1 is 1.37 bits per heavy atom. The summed E-state index contributed by atoms with van der Waals surface area (Å²) in [5.74, 6) is -1.07. The number of likely N-dealkylation sites (tertiary alicyclic amines) is 1. The van der Waals surface area contributed by atoms with Crippen molar-refractivity contribution in [3.8, 4) is 0 Å². The summed E-state index contributed by atoms with van der Waals surface area (Å²) in [5, 5.41) is 11.7. The molecule has 1 aliphatic heterocycles. The van der Waals surface area contributed by atoms with Crippen molar-refractivity contribution in [1.82, 2.24) is 19.8 Å². The van der Waals surface area contributed by atoms with Gasteiger partial charge in [0.05, 0.1) is 12.2 Å². The standard InChI is InChI=1S/C12H18N4O3/c17-11(18)10-1-5-16(6-2-10)12(19)14-4-8-15-7-3-13-9-15/h3,7,9-10H,1-2,4-6,8H2,(H,14,19)(H,17,18). The topological polar surface area (TPSA) is 87.5 Å². The number of urea groups is 1. The summed E-state index contributed by atoms with van der Waals surface area (Å²) >= 11 is 0. The molecule has 2 N–H and O–H groups in total. The summed E-state index contributed by atoms with van der Waals surface area (Å²) in [6.45, 7) is 2.23. The molecule has 104 valence electrons. The van der Waals surface area contributed by atoms with Crippen molar-refractivity contribution in [1.29, 1.82) is 0 Å². The molecule has 2 heterocycles. The first-order valence-electron chi connectivity index (χ1n) is 6.38. The molecule has 2 rings (SSSR count). The van der Waals surface area contributed by atoms with E-state index in [9.17, 15) is 9.59 Å². The van der Waals surface area contributed by atoms with E-state index in [1.54, 1.807) is 17.4 Å². The highest BCUT2D eigenvalue weighted by Crippen LogP contribution is 2.16. The van der Waals surface area contributed by atoms with Crippen LogP contribution in [0.1, 0.15) is 12.8 Å². The Labute approximate surface area is 111 Å². The summed E-state index contributed by atoms with van der Waals surface area (Å²) in [6.07, 6.45) is 6.29. The third kappa shape index (κ3) is 3.70. The lowest BCUT2D eigenvalue weighted by Crippen LogP contribution is -2.46. The number of nitrogens with one attached hydrogen (secondary N) is 1. The molecule has 1 fully saturated rings. The molecular weight excluding hydrogens is 248 g/mol. The zero-order chi connectivity index (χ0) is 13.7. The van der Waals surface area contributed by atoms with Gasteiger partial charge in [-0.05, 0) is 12.8 Å². The largest absolute Gasteiger partial charge is 0.481 e. The lowest BCUT2D eigenvalue weighted by Gasteiger charge is -2.30.